The first-order valence-electron chi connectivity index (χ1n) is 6.01. The Kier molecular flexibility index (Phi) is 5.18. The highest BCUT2D eigenvalue weighted by Gasteiger charge is 2.21. The molecular formula is C14H14O7. The van der Waals surface area contributed by atoms with Crippen LogP contribution in [0.4, 0.5) is 0 Å². The van der Waals surface area contributed by atoms with E-state index in [1.807, 2.05) is 0 Å². The fraction of sp³-hybridized carbons (Fsp3) is 0.286. The Labute approximate surface area is 119 Å². The van der Waals surface area contributed by atoms with Crippen LogP contribution in [0.5, 0.6) is 17.2 Å². The van der Waals surface area contributed by atoms with Crippen molar-refractivity contribution in [2.75, 3.05) is 0 Å². The Morgan fingerprint density at radius 1 is 0.857 bits per heavy atom. The van der Waals surface area contributed by atoms with Gasteiger partial charge in [0, 0.05) is 12.1 Å². The number of phenolic OH excluding ortho intramolecular Hbond substituents is 3. The second-order valence-corrected chi connectivity index (χ2v) is 4.59. The molecule has 7 heteroatoms. The van der Waals surface area contributed by atoms with Crippen molar-refractivity contribution >= 4 is 23.1 Å². The number of carbonyl (C=O) groups is 4. The van der Waals surface area contributed by atoms with E-state index in [9.17, 15) is 29.4 Å². The summed E-state index contributed by atoms with van der Waals surface area (Å²) in [5, 5.41) is 28.1. The molecule has 0 spiro atoms. The van der Waals surface area contributed by atoms with Crippen molar-refractivity contribution in [2.24, 2.45) is 0 Å². The number of aromatic hydroxyl groups is 3. The second kappa shape index (κ2) is 6.65. The zero-order chi connectivity index (χ0) is 16.2. The maximum atomic E-state index is 11.8. The van der Waals surface area contributed by atoms with E-state index in [1.165, 1.54) is 6.92 Å². The van der Waals surface area contributed by atoms with Gasteiger partial charge in [-0.1, -0.05) is 0 Å². The van der Waals surface area contributed by atoms with Crippen LogP contribution in [0.25, 0.3) is 0 Å². The molecule has 0 heterocycles. The predicted octanol–water partition coefficient (Wildman–Crippen LogP) is 0.884. The van der Waals surface area contributed by atoms with Crippen LogP contribution in [-0.4, -0.2) is 38.5 Å². The fourth-order valence-electron chi connectivity index (χ4n) is 1.77. The van der Waals surface area contributed by atoms with Gasteiger partial charge in [0.15, 0.2) is 5.78 Å². The summed E-state index contributed by atoms with van der Waals surface area (Å²) in [6, 6.07) is 1.69. The lowest BCUT2D eigenvalue weighted by Gasteiger charge is -2.06. The van der Waals surface area contributed by atoms with Gasteiger partial charge in [0.2, 0.25) is 0 Å². The van der Waals surface area contributed by atoms with Crippen molar-refractivity contribution < 1.29 is 34.5 Å². The highest BCUT2D eigenvalue weighted by Crippen LogP contribution is 2.32. The molecule has 112 valence electrons. The molecule has 0 atom stereocenters. The molecule has 0 fully saturated rings. The van der Waals surface area contributed by atoms with Gasteiger partial charge in [-0.05, 0) is 6.92 Å². The van der Waals surface area contributed by atoms with Crippen LogP contribution >= 0.6 is 0 Å². The van der Waals surface area contributed by atoms with Gasteiger partial charge in [-0.2, -0.15) is 0 Å². The largest absolute Gasteiger partial charge is 0.508 e. The van der Waals surface area contributed by atoms with E-state index in [0.717, 1.165) is 12.1 Å². The van der Waals surface area contributed by atoms with Crippen molar-refractivity contribution in [1.29, 1.82) is 0 Å². The Bertz CT molecular complexity index is 593. The van der Waals surface area contributed by atoms with E-state index in [1.54, 1.807) is 0 Å². The van der Waals surface area contributed by atoms with Crippen molar-refractivity contribution in [1.82, 2.24) is 0 Å². The Hall–Kier alpha value is -2.70. The molecule has 0 aliphatic rings. The third-order valence-electron chi connectivity index (χ3n) is 2.56. The number of hydrogen-bond acceptors (Lipinski definition) is 7. The summed E-state index contributed by atoms with van der Waals surface area (Å²) in [5.74, 6) is -4.36. The van der Waals surface area contributed by atoms with Gasteiger partial charge >= 0.3 is 0 Å². The summed E-state index contributed by atoms with van der Waals surface area (Å²) in [4.78, 5) is 45.3. The molecular weight excluding hydrogens is 280 g/mol. The standard InChI is InChI=1S/C14H14O7/c1-7(15)2-8(16)3-9(17)4-11(19)14-12(20)5-10(18)6-13(14)21/h5-6,18,20-21H,2-4H2,1H3. The van der Waals surface area contributed by atoms with Crippen molar-refractivity contribution in [3.63, 3.8) is 0 Å². The molecule has 0 aliphatic heterocycles. The first-order valence-corrected chi connectivity index (χ1v) is 6.01. The van der Waals surface area contributed by atoms with Gasteiger partial charge in [-0.3, -0.25) is 19.2 Å². The Morgan fingerprint density at radius 3 is 1.81 bits per heavy atom. The maximum Gasteiger partial charge on any atom is 0.177 e. The molecule has 0 aliphatic carbocycles. The van der Waals surface area contributed by atoms with Gasteiger partial charge in [-0.25, -0.2) is 0 Å². The quantitative estimate of drug-likeness (QED) is 0.503. The van der Waals surface area contributed by atoms with Gasteiger partial charge in [0.05, 0.1) is 19.3 Å². The molecule has 0 saturated heterocycles. The summed E-state index contributed by atoms with van der Waals surface area (Å²) in [6.07, 6.45) is -1.64. The molecule has 0 saturated carbocycles. The zero-order valence-electron chi connectivity index (χ0n) is 11.3. The molecule has 0 unspecified atom stereocenters. The lowest BCUT2D eigenvalue weighted by Crippen LogP contribution is -2.14. The van der Waals surface area contributed by atoms with E-state index < -0.39 is 53.0 Å². The second-order valence-electron chi connectivity index (χ2n) is 4.59. The van der Waals surface area contributed by atoms with Crippen LogP contribution in [-0.2, 0) is 14.4 Å². The Balaban J connectivity index is 2.76. The minimum Gasteiger partial charge on any atom is -0.508 e. The molecule has 7 nitrogen and oxygen atoms in total. The van der Waals surface area contributed by atoms with Crippen LogP contribution < -0.4 is 0 Å². The highest BCUT2D eigenvalue weighted by molar-refractivity contribution is 6.15. The first kappa shape index (κ1) is 16.4. The average Bonchev–Trinajstić information content (AvgIpc) is 2.24. The van der Waals surface area contributed by atoms with Crippen LogP contribution in [0.3, 0.4) is 0 Å². The van der Waals surface area contributed by atoms with E-state index in [-0.39, 0.29) is 12.2 Å². The SMILES string of the molecule is CC(=O)CC(=O)CC(=O)CC(=O)c1c(O)cc(O)cc1O. The molecule has 21 heavy (non-hydrogen) atoms. The Morgan fingerprint density at radius 2 is 1.33 bits per heavy atom. The summed E-state index contributed by atoms with van der Waals surface area (Å²) in [6.45, 7) is 1.21. The number of hydrogen-bond donors (Lipinski definition) is 3. The molecule has 1 aromatic carbocycles. The number of carbonyl (C=O) groups excluding carboxylic acids is 4. The minimum atomic E-state index is -0.884. The molecule has 3 N–H and O–H groups in total. The molecule has 0 radical (unpaired) electrons. The number of ketones is 4. The fourth-order valence-corrected chi connectivity index (χ4v) is 1.77. The zero-order valence-corrected chi connectivity index (χ0v) is 11.3. The number of Topliss-reactive ketones (excluding diaryl/α,β-unsaturated/α-hetero) is 4. The summed E-state index contributed by atoms with van der Waals surface area (Å²) < 4.78 is 0. The highest BCUT2D eigenvalue weighted by atomic mass is 16.3. The third kappa shape index (κ3) is 4.72. The first-order chi connectivity index (χ1) is 9.70. The summed E-state index contributed by atoms with van der Waals surface area (Å²) in [7, 11) is 0. The van der Waals surface area contributed by atoms with Crippen LogP contribution in [0.1, 0.15) is 36.5 Å². The van der Waals surface area contributed by atoms with Gasteiger partial charge in [0.25, 0.3) is 0 Å². The van der Waals surface area contributed by atoms with Crippen LogP contribution in [0, 0.1) is 0 Å². The van der Waals surface area contributed by atoms with Crippen LogP contribution in [0.15, 0.2) is 12.1 Å². The number of rotatable bonds is 7. The normalized spacial score (nSPS) is 10.1. The van der Waals surface area contributed by atoms with Crippen LogP contribution in [0.2, 0.25) is 0 Å². The van der Waals surface area contributed by atoms with E-state index in [2.05, 4.69) is 0 Å². The van der Waals surface area contributed by atoms with E-state index in [4.69, 9.17) is 5.11 Å². The van der Waals surface area contributed by atoms with Crippen molar-refractivity contribution in [2.45, 2.75) is 26.2 Å². The summed E-state index contributed by atoms with van der Waals surface area (Å²) >= 11 is 0. The monoisotopic (exact) mass is 294 g/mol. The third-order valence-corrected chi connectivity index (χ3v) is 2.56. The average molecular weight is 294 g/mol. The minimum absolute atomic E-state index is 0.379. The molecule has 0 amide bonds. The lowest BCUT2D eigenvalue weighted by atomic mass is 10.0. The number of phenols is 3. The molecule has 1 rings (SSSR count). The molecule has 0 aromatic heterocycles. The smallest absolute Gasteiger partial charge is 0.177 e. The van der Waals surface area contributed by atoms with Gasteiger partial charge < -0.3 is 15.3 Å². The number of benzene rings is 1. The summed E-state index contributed by atoms with van der Waals surface area (Å²) in [5.41, 5.74) is -0.500. The van der Waals surface area contributed by atoms with Gasteiger partial charge in [0.1, 0.15) is 40.2 Å². The van der Waals surface area contributed by atoms with Crippen molar-refractivity contribution in [3.05, 3.63) is 17.7 Å². The van der Waals surface area contributed by atoms with E-state index in [0.29, 0.717) is 0 Å². The maximum absolute atomic E-state index is 11.8. The topological polar surface area (TPSA) is 129 Å². The molecule has 1 aromatic rings. The van der Waals surface area contributed by atoms with Crippen molar-refractivity contribution in [3.8, 4) is 17.2 Å². The molecule has 0 bridgehead atoms. The van der Waals surface area contributed by atoms with E-state index >= 15 is 0 Å². The predicted molar refractivity (Wildman–Crippen MR) is 70.3 cm³/mol. The lowest BCUT2D eigenvalue weighted by molar-refractivity contribution is -0.129. The van der Waals surface area contributed by atoms with Gasteiger partial charge in [-0.15, -0.1) is 0 Å².